The van der Waals surface area contributed by atoms with Crippen LogP contribution in [0.15, 0.2) is 41.3 Å². The highest BCUT2D eigenvalue weighted by Crippen LogP contribution is 2.39. The average molecular weight is 511 g/mol. The van der Waals surface area contributed by atoms with Gasteiger partial charge in [-0.15, -0.1) is 0 Å². The minimum atomic E-state index is -0.328. The van der Waals surface area contributed by atoms with Crippen LogP contribution in [0.1, 0.15) is 11.1 Å². The number of hydrogen-bond acceptors (Lipinski definition) is 6. The number of methoxy groups -OCH3 is 3. The predicted molar refractivity (Wildman–Crippen MR) is 117 cm³/mol. The van der Waals surface area contributed by atoms with E-state index in [9.17, 15) is 9.59 Å². The average Bonchev–Trinajstić information content (AvgIpc) is 2.96. The molecule has 2 amide bonds. The number of rotatable bonds is 6. The SMILES string of the molecule is COc1cc(OC)c(OC)cc1/C=C1/SC(=O)N(Cc2ccc(I)cc2)C1=O. The Bertz CT molecular complexity index is 942. The molecular formula is C20H18INO5S. The van der Waals surface area contributed by atoms with Gasteiger partial charge in [-0.1, -0.05) is 12.1 Å². The molecule has 0 N–H and O–H groups in total. The first-order valence-electron chi connectivity index (χ1n) is 8.26. The van der Waals surface area contributed by atoms with Gasteiger partial charge in [-0.3, -0.25) is 14.5 Å². The van der Waals surface area contributed by atoms with E-state index < -0.39 is 0 Å². The van der Waals surface area contributed by atoms with Crippen molar-refractivity contribution in [1.29, 1.82) is 0 Å². The lowest BCUT2D eigenvalue weighted by Crippen LogP contribution is -2.27. The Kier molecular flexibility index (Phi) is 6.50. The highest BCUT2D eigenvalue weighted by Gasteiger charge is 2.35. The molecule has 2 aromatic rings. The largest absolute Gasteiger partial charge is 0.496 e. The van der Waals surface area contributed by atoms with E-state index in [1.54, 1.807) is 18.2 Å². The molecule has 8 heteroatoms. The third kappa shape index (κ3) is 4.27. The predicted octanol–water partition coefficient (Wildman–Crippen LogP) is 4.55. The lowest BCUT2D eigenvalue weighted by atomic mass is 10.1. The van der Waals surface area contributed by atoms with Gasteiger partial charge >= 0.3 is 0 Å². The molecule has 0 unspecified atom stereocenters. The summed E-state index contributed by atoms with van der Waals surface area (Å²) in [4.78, 5) is 26.7. The van der Waals surface area contributed by atoms with Crippen molar-refractivity contribution in [2.24, 2.45) is 0 Å². The molecule has 1 fully saturated rings. The van der Waals surface area contributed by atoms with Gasteiger partial charge in [0.2, 0.25) is 0 Å². The maximum atomic E-state index is 12.8. The topological polar surface area (TPSA) is 65.1 Å². The fourth-order valence-electron chi connectivity index (χ4n) is 2.72. The molecule has 28 heavy (non-hydrogen) atoms. The highest BCUT2D eigenvalue weighted by molar-refractivity contribution is 14.1. The molecule has 1 saturated heterocycles. The number of carbonyl (C=O) groups is 2. The molecule has 0 saturated carbocycles. The summed E-state index contributed by atoms with van der Waals surface area (Å²) in [7, 11) is 4.59. The maximum absolute atomic E-state index is 12.8. The molecule has 2 aromatic carbocycles. The molecule has 0 radical (unpaired) electrons. The molecule has 1 aliphatic rings. The summed E-state index contributed by atoms with van der Waals surface area (Å²) in [5.74, 6) is 1.21. The van der Waals surface area contributed by atoms with Gasteiger partial charge in [0.15, 0.2) is 11.5 Å². The molecule has 0 aromatic heterocycles. The van der Waals surface area contributed by atoms with E-state index in [2.05, 4.69) is 22.6 Å². The quantitative estimate of drug-likeness (QED) is 0.419. The summed E-state index contributed by atoms with van der Waals surface area (Å²) in [5, 5.41) is -0.297. The molecule has 1 aliphatic heterocycles. The van der Waals surface area contributed by atoms with Crippen molar-refractivity contribution in [1.82, 2.24) is 4.90 Å². The lowest BCUT2D eigenvalue weighted by Gasteiger charge is -2.13. The second kappa shape index (κ2) is 8.87. The van der Waals surface area contributed by atoms with Crippen LogP contribution < -0.4 is 14.2 Å². The Hall–Kier alpha value is -2.20. The Morgan fingerprint density at radius 1 is 0.964 bits per heavy atom. The summed E-state index contributed by atoms with van der Waals surface area (Å²) in [6.07, 6.45) is 1.64. The van der Waals surface area contributed by atoms with E-state index in [-0.39, 0.29) is 17.7 Å². The highest BCUT2D eigenvalue weighted by atomic mass is 127. The van der Waals surface area contributed by atoms with Crippen LogP contribution in [-0.4, -0.2) is 37.4 Å². The van der Waals surface area contributed by atoms with Crippen molar-refractivity contribution >= 4 is 51.6 Å². The summed E-state index contributed by atoms with van der Waals surface area (Å²) < 4.78 is 17.1. The third-order valence-corrected chi connectivity index (χ3v) is 5.78. The van der Waals surface area contributed by atoms with Crippen LogP contribution in [-0.2, 0) is 11.3 Å². The number of hydrogen-bond donors (Lipinski definition) is 0. The molecule has 0 bridgehead atoms. The van der Waals surface area contributed by atoms with Crippen molar-refractivity contribution in [2.75, 3.05) is 21.3 Å². The number of halogens is 1. The summed E-state index contributed by atoms with van der Waals surface area (Å²) in [6.45, 7) is 0.238. The first kappa shape index (κ1) is 20.5. The molecule has 0 spiro atoms. The Labute approximate surface area is 181 Å². The Morgan fingerprint density at radius 3 is 2.18 bits per heavy atom. The van der Waals surface area contributed by atoms with E-state index in [1.165, 1.54) is 26.2 Å². The van der Waals surface area contributed by atoms with Gasteiger partial charge in [0.05, 0.1) is 32.8 Å². The van der Waals surface area contributed by atoms with E-state index in [4.69, 9.17) is 14.2 Å². The first-order chi connectivity index (χ1) is 13.5. The van der Waals surface area contributed by atoms with Crippen LogP contribution in [0.2, 0.25) is 0 Å². The normalized spacial score (nSPS) is 15.3. The van der Waals surface area contributed by atoms with E-state index in [0.29, 0.717) is 27.7 Å². The zero-order valence-electron chi connectivity index (χ0n) is 15.5. The molecule has 1 heterocycles. The molecule has 146 valence electrons. The third-order valence-electron chi connectivity index (χ3n) is 4.15. The van der Waals surface area contributed by atoms with Gasteiger partial charge in [-0.25, -0.2) is 0 Å². The fraction of sp³-hybridized carbons (Fsp3) is 0.200. The van der Waals surface area contributed by atoms with E-state index in [0.717, 1.165) is 20.9 Å². The van der Waals surface area contributed by atoms with Crippen LogP contribution in [0.4, 0.5) is 4.79 Å². The smallest absolute Gasteiger partial charge is 0.293 e. The number of amides is 2. The zero-order chi connectivity index (χ0) is 20.3. The standard InChI is InChI=1S/C20H18INO5S/c1-25-15-10-17(27-3)16(26-2)8-13(15)9-18-19(23)22(20(24)28-18)11-12-4-6-14(21)7-5-12/h4-10H,11H2,1-3H3/b18-9+. The van der Waals surface area contributed by atoms with Gasteiger partial charge in [0.25, 0.3) is 11.1 Å². The molecule has 3 rings (SSSR count). The maximum Gasteiger partial charge on any atom is 0.293 e. The number of thioether (sulfide) groups is 1. The van der Waals surface area contributed by atoms with Crippen molar-refractivity contribution < 1.29 is 23.8 Å². The van der Waals surface area contributed by atoms with Crippen molar-refractivity contribution in [3.8, 4) is 17.2 Å². The second-order valence-corrected chi connectivity index (χ2v) is 8.08. The minimum Gasteiger partial charge on any atom is -0.496 e. The summed E-state index contributed by atoms with van der Waals surface area (Å²) >= 11 is 3.12. The Balaban J connectivity index is 1.90. The van der Waals surface area contributed by atoms with Crippen molar-refractivity contribution in [3.63, 3.8) is 0 Å². The molecule has 0 aliphatic carbocycles. The van der Waals surface area contributed by atoms with E-state index >= 15 is 0 Å². The second-order valence-electron chi connectivity index (χ2n) is 5.84. The Morgan fingerprint density at radius 2 is 1.57 bits per heavy atom. The van der Waals surface area contributed by atoms with Crippen LogP contribution in [0, 0.1) is 3.57 Å². The monoisotopic (exact) mass is 511 g/mol. The molecule has 0 atom stereocenters. The van der Waals surface area contributed by atoms with Gasteiger partial charge in [0.1, 0.15) is 5.75 Å². The van der Waals surface area contributed by atoms with Crippen LogP contribution in [0.3, 0.4) is 0 Å². The van der Waals surface area contributed by atoms with Gasteiger partial charge in [-0.2, -0.15) is 0 Å². The molecular weight excluding hydrogens is 493 g/mol. The number of nitrogens with zero attached hydrogens (tertiary/aromatic N) is 1. The van der Waals surface area contributed by atoms with Gasteiger partial charge < -0.3 is 14.2 Å². The van der Waals surface area contributed by atoms with Crippen LogP contribution >= 0.6 is 34.4 Å². The number of imide groups is 1. The van der Waals surface area contributed by atoms with Crippen LogP contribution in [0.5, 0.6) is 17.2 Å². The van der Waals surface area contributed by atoms with E-state index in [1.807, 2.05) is 24.3 Å². The summed E-state index contributed by atoms with van der Waals surface area (Å²) in [6, 6.07) is 11.1. The number of ether oxygens (including phenoxy) is 3. The molecule has 6 nitrogen and oxygen atoms in total. The van der Waals surface area contributed by atoms with Gasteiger partial charge in [0, 0.05) is 15.2 Å². The number of benzene rings is 2. The minimum absolute atomic E-state index is 0.238. The zero-order valence-corrected chi connectivity index (χ0v) is 18.5. The van der Waals surface area contributed by atoms with Gasteiger partial charge in [-0.05, 0) is 64.2 Å². The lowest BCUT2D eigenvalue weighted by molar-refractivity contribution is -0.123. The van der Waals surface area contributed by atoms with Crippen LogP contribution in [0.25, 0.3) is 6.08 Å². The first-order valence-corrected chi connectivity index (χ1v) is 10.2. The summed E-state index contributed by atoms with van der Waals surface area (Å²) in [5.41, 5.74) is 1.52. The van der Waals surface area contributed by atoms with Crippen molar-refractivity contribution in [3.05, 3.63) is 56.0 Å². The van der Waals surface area contributed by atoms with Crippen molar-refractivity contribution in [2.45, 2.75) is 6.54 Å². The number of carbonyl (C=O) groups excluding carboxylic acids is 2. The fourth-order valence-corrected chi connectivity index (χ4v) is 3.90.